The molecule has 2 aromatic carbocycles. The first kappa shape index (κ1) is 20.5. The van der Waals surface area contributed by atoms with Crippen LogP contribution in [0.4, 0.5) is 43.9 Å². The van der Waals surface area contributed by atoms with Gasteiger partial charge in [-0.25, -0.2) is 35.1 Å². The summed E-state index contributed by atoms with van der Waals surface area (Å²) in [6.07, 6.45) is -11.1. The van der Waals surface area contributed by atoms with Crippen LogP contribution in [0.2, 0.25) is 0 Å². The van der Waals surface area contributed by atoms with E-state index < -0.39 is 106 Å². The van der Waals surface area contributed by atoms with E-state index in [-0.39, 0.29) is 0 Å². The molecule has 3 heterocycles. The fraction of sp³-hybridized carbons (Fsp3) is 0.333. The van der Waals surface area contributed by atoms with Crippen LogP contribution in [0.15, 0.2) is 0 Å². The van der Waals surface area contributed by atoms with Crippen LogP contribution in [-0.4, -0.2) is 24.9 Å². The first-order valence-corrected chi connectivity index (χ1v) is 8.52. The highest BCUT2D eigenvalue weighted by Crippen LogP contribution is 2.58. The van der Waals surface area contributed by atoms with Crippen molar-refractivity contribution in [2.24, 2.45) is 0 Å². The van der Waals surface area contributed by atoms with Crippen molar-refractivity contribution in [3.8, 4) is 11.1 Å². The Kier molecular flexibility index (Phi) is 4.19. The number of hydrogen-bond donors (Lipinski definition) is 0. The molecular formula is C18H6F10O3. The van der Waals surface area contributed by atoms with E-state index in [4.69, 9.17) is 4.74 Å². The molecule has 2 aromatic rings. The standard InChI is InChI=1S/C18H6F10O3/c19-7-3(5-8(20)12(24)14(26)13(25)9(5)21)4-6(10(22)11(7)23)15-2(30-15)1-29-18(27,28)17-16(4)31-17/h2,15-17H,1H2. The van der Waals surface area contributed by atoms with Gasteiger partial charge in [-0.05, 0) is 0 Å². The summed E-state index contributed by atoms with van der Waals surface area (Å²) in [6, 6.07) is 0. The van der Waals surface area contributed by atoms with E-state index in [0.717, 1.165) is 0 Å². The van der Waals surface area contributed by atoms with Crippen LogP contribution < -0.4 is 0 Å². The van der Waals surface area contributed by atoms with Crippen LogP contribution in [0.25, 0.3) is 11.1 Å². The van der Waals surface area contributed by atoms with E-state index in [1.54, 1.807) is 0 Å². The number of fused-ring (bicyclic) bond motifs is 5. The monoisotopic (exact) mass is 460 g/mol. The van der Waals surface area contributed by atoms with Gasteiger partial charge in [-0.3, -0.25) is 0 Å². The minimum atomic E-state index is -4.06. The van der Waals surface area contributed by atoms with Gasteiger partial charge >= 0.3 is 6.11 Å². The molecule has 2 saturated heterocycles. The maximum absolute atomic E-state index is 14.7. The predicted molar refractivity (Wildman–Crippen MR) is 77.7 cm³/mol. The molecule has 3 nitrogen and oxygen atoms in total. The Morgan fingerprint density at radius 3 is 1.71 bits per heavy atom. The molecule has 31 heavy (non-hydrogen) atoms. The first-order valence-electron chi connectivity index (χ1n) is 8.52. The summed E-state index contributed by atoms with van der Waals surface area (Å²) in [6.45, 7) is -0.819. The topological polar surface area (TPSA) is 34.3 Å². The summed E-state index contributed by atoms with van der Waals surface area (Å²) in [7, 11) is 0. The quantitative estimate of drug-likeness (QED) is 0.261. The minimum absolute atomic E-state index is 0.819. The number of halogens is 10. The summed E-state index contributed by atoms with van der Waals surface area (Å²) in [5, 5.41) is 0. The van der Waals surface area contributed by atoms with Gasteiger partial charge in [-0.2, -0.15) is 8.78 Å². The number of alkyl halides is 2. The molecular weight excluding hydrogens is 454 g/mol. The molecule has 3 aliphatic heterocycles. The Morgan fingerprint density at radius 2 is 1.10 bits per heavy atom. The lowest BCUT2D eigenvalue weighted by atomic mass is 9.88. The zero-order valence-electron chi connectivity index (χ0n) is 14.5. The molecule has 0 spiro atoms. The zero-order valence-corrected chi connectivity index (χ0v) is 14.5. The number of hydrogen-bond acceptors (Lipinski definition) is 3. The second-order valence-electron chi connectivity index (χ2n) is 7.03. The van der Waals surface area contributed by atoms with Gasteiger partial charge in [0.05, 0.1) is 12.2 Å². The van der Waals surface area contributed by atoms with E-state index in [1.807, 2.05) is 0 Å². The predicted octanol–water partition coefficient (Wildman–Crippen LogP) is 4.97. The van der Waals surface area contributed by atoms with Gasteiger partial charge in [0.15, 0.2) is 46.8 Å². The highest BCUT2D eigenvalue weighted by Gasteiger charge is 2.64. The van der Waals surface area contributed by atoms with Gasteiger partial charge in [-0.15, -0.1) is 0 Å². The average molecular weight is 460 g/mol. The molecule has 5 rings (SSSR count). The summed E-state index contributed by atoms with van der Waals surface area (Å²) >= 11 is 0. The third-order valence-electron chi connectivity index (χ3n) is 5.28. The van der Waals surface area contributed by atoms with Crippen LogP contribution in [0.3, 0.4) is 0 Å². The Balaban J connectivity index is 1.88. The van der Waals surface area contributed by atoms with Crippen LogP contribution in [0, 0.1) is 46.5 Å². The fourth-order valence-corrected chi connectivity index (χ4v) is 3.72. The van der Waals surface area contributed by atoms with Crippen molar-refractivity contribution in [3.05, 3.63) is 57.7 Å². The molecule has 0 aliphatic carbocycles. The Bertz CT molecular complexity index is 1120. The summed E-state index contributed by atoms with van der Waals surface area (Å²) < 4.78 is 155. The van der Waals surface area contributed by atoms with Crippen molar-refractivity contribution < 1.29 is 58.1 Å². The zero-order chi connectivity index (χ0) is 22.6. The molecule has 166 valence electrons. The highest BCUT2D eigenvalue weighted by molar-refractivity contribution is 5.73. The van der Waals surface area contributed by atoms with Gasteiger partial charge < -0.3 is 14.2 Å². The molecule has 13 heteroatoms. The third kappa shape index (κ3) is 2.72. The fourth-order valence-electron chi connectivity index (χ4n) is 3.72. The van der Waals surface area contributed by atoms with Crippen molar-refractivity contribution >= 4 is 0 Å². The molecule has 0 N–H and O–H groups in total. The van der Waals surface area contributed by atoms with Gasteiger partial charge in [0, 0.05) is 16.7 Å². The number of ether oxygens (including phenoxy) is 3. The summed E-state index contributed by atoms with van der Waals surface area (Å²) in [5.74, 6) is -19.4. The molecule has 4 unspecified atom stereocenters. The van der Waals surface area contributed by atoms with Crippen LogP contribution in [0.5, 0.6) is 0 Å². The summed E-state index contributed by atoms with van der Waals surface area (Å²) in [4.78, 5) is 0. The van der Waals surface area contributed by atoms with Crippen LogP contribution >= 0.6 is 0 Å². The van der Waals surface area contributed by atoms with Gasteiger partial charge in [0.25, 0.3) is 0 Å². The van der Waals surface area contributed by atoms with Crippen LogP contribution in [-0.2, 0) is 14.2 Å². The van der Waals surface area contributed by atoms with Gasteiger partial charge in [0.2, 0.25) is 5.82 Å². The van der Waals surface area contributed by atoms with E-state index >= 15 is 0 Å². The van der Waals surface area contributed by atoms with Gasteiger partial charge in [-0.1, -0.05) is 0 Å². The molecule has 3 aliphatic rings. The molecule has 0 saturated carbocycles. The van der Waals surface area contributed by atoms with Crippen molar-refractivity contribution in [1.29, 1.82) is 0 Å². The Morgan fingerprint density at radius 1 is 0.581 bits per heavy atom. The minimum Gasteiger partial charge on any atom is -0.362 e. The lowest BCUT2D eigenvalue weighted by Crippen LogP contribution is -2.29. The van der Waals surface area contributed by atoms with Crippen molar-refractivity contribution in [2.45, 2.75) is 30.5 Å². The maximum Gasteiger partial charge on any atom is 0.384 e. The molecule has 0 aromatic heterocycles. The maximum atomic E-state index is 14.7. The van der Waals surface area contributed by atoms with Crippen molar-refractivity contribution in [3.63, 3.8) is 0 Å². The Hall–Kier alpha value is -2.38. The second-order valence-corrected chi connectivity index (χ2v) is 7.03. The SMILES string of the molecule is Fc1c(F)c(F)c(-c2c(F)c(F)c(F)c3c2C2OC2C(F)(F)OCC2OC32)c(F)c1F. The first-order chi connectivity index (χ1) is 14.5. The largest absolute Gasteiger partial charge is 0.384 e. The van der Waals surface area contributed by atoms with E-state index in [9.17, 15) is 43.9 Å². The molecule has 0 amide bonds. The smallest absolute Gasteiger partial charge is 0.362 e. The van der Waals surface area contributed by atoms with Gasteiger partial charge in [0.1, 0.15) is 18.3 Å². The lowest BCUT2D eigenvalue weighted by Gasteiger charge is -2.18. The second kappa shape index (κ2) is 6.33. The molecule has 0 bridgehead atoms. The molecule has 0 radical (unpaired) electrons. The van der Waals surface area contributed by atoms with E-state index in [1.165, 1.54) is 0 Å². The van der Waals surface area contributed by atoms with Crippen molar-refractivity contribution in [2.75, 3.05) is 6.61 Å². The Labute approximate surface area is 165 Å². The molecule has 4 atom stereocenters. The third-order valence-corrected chi connectivity index (χ3v) is 5.28. The van der Waals surface area contributed by atoms with E-state index in [0.29, 0.717) is 0 Å². The number of rotatable bonds is 1. The highest BCUT2D eigenvalue weighted by atomic mass is 19.3. The number of benzene rings is 2. The average Bonchev–Trinajstić information content (AvgIpc) is 3.63. The van der Waals surface area contributed by atoms with Crippen molar-refractivity contribution in [1.82, 2.24) is 0 Å². The summed E-state index contributed by atoms with van der Waals surface area (Å²) in [5.41, 5.74) is -5.58. The molecule has 2 fully saturated rings. The van der Waals surface area contributed by atoms with E-state index in [2.05, 4.69) is 9.47 Å². The number of epoxide rings is 2. The van der Waals surface area contributed by atoms with Crippen LogP contribution in [0.1, 0.15) is 23.3 Å². The lowest BCUT2D eigenvalue weighted by molar-refractivity contribution is -0.251. The normalized spacial score (nSPS) is 28.1.